The highest BCUT2D eigenvalue weighted by molar-refractivity contribution is 5.74. The molecule has 0 atom stereocenters. The van der Waals surface area contributed by atoms with Gasteiger partial charge in [-0.1, -0.05) is 13.8 Å². The van der Waals surface area contributed by atoms with Gasteiger partial charge in [0, 0.05) is 12.7 Å². The fraction of sp³-hybridized carbons (Fsp3) is 0.333. The standard InChI is InChI=1S/C8H8O2.C2H6.CH4O.CH2O/c1-10-8-4-2-7(6-9)3-5-8;3*1-2/h2-6H,1H3;1-2H3;2H,1H3;1H2. The number of hydrogen-bond acceptors (Lipinski definition) is 4. The summed E-state index contributed by atoms with van der Waals surface area (Å²) >= 11 is 0. The Morgan fingerprint density at radius 1 is 1.12 bits per heavy atom. The minimum atomic E-state index is 0.667. The summed E-state index contributed by atoms with van der Waals surface area (Å²) < 4.78 is 4.90. The molecule has 0 aliphatic carbocycles. The van der Waals surface area contributed by atoms with Gasteiger partial charge in [0.15, 0.2) is 0 Å². The summed E-state index contributed by atoms with van der Waals surface area (Å²) in [6.07, 6.45) is 0.805. The maximum atomic E-state index is 10.2. The van der Waals surface area contributed by atoms with Gasteiger partial charge in [0.1, 0.15) is 18.8 Å². The van der Waals surface area contributed by atoms with Crippen LogP contribution < -0.4 is 4.74 Å². The molecule has 16 heavy (non-hydrogen) atoms. The van der Waals surface area contributed by atoms with Crippen molar-refractivity contribution in [1.29, 1.82) is 0 Å². The first-order valence-electron chi connectivity index (χ1n) is 4.69. The van der Waals surface area contributed by atoms with Crippen molar-refractivity contribution in [2.24, 2.45) is 0 Å². The van der Waals surface area contributed by atoms with Gasteiger partial charge in [-0.25, -0.2) is 0 Å². The Balaban J connectivity index is -0.000000245. The molecule has 0 heterocycles. The Bertz CT molecular complexity index is 231. The third-order valence-corrected chi connectivity index (χ3v) is 1.25. The second kappa shape index (κ2) is 19.0. The van der Waals surface area contributed by atoms with Crippen molar-refractivity contribution >= 4 is 13.1 Å². The van der Waals surface area contributed by atoms with E-state index in [9.17, 15) is 4.79 Å². The van der Waals surface area contributed by atoms with Crippen molar-refractivity contribution < 1.29 is 19.4 Å². The van der Waals surface area contributed by atoms with E-state index in [1.54, 1.807) is 31.4 Å². The number of methoxy groups -OCH3 is 1. The van der Waals surface area contributed by atoms with Gasteiger partial charge < -0.3 is 14.6 Å². The topological polar surface area (TPSA) is 63.6 Å². The Morgan fingerprint density at radius 2 is 1.50 bits per heavy atom. The molecular weight excluding hydrogens is 208 g/mol. The molecule has 0 saturated heterocycles. The summed E-state index contributed by atoms with van der Waals surface area (Å²) in [5.41, 5.74) is 0.667. The predicted molar refractivity (Wildman–Crippen MR) is 65.0 cm³/mol. The Hall–Kier alpha value is -1.68. The Kier molecular flexibility index (Phi) is 23.5. The van der Waals surface area contributed by atoms with Crippen molar-refractivity contribution in [3.8, 4) is 5.75 Å². The quantitative estimate of drug-likeness (QED) is 0.786. The minimum Gasteiger partial charge on any atom is -0.497 e. The van der Waals surface area contributed by atoms with Gasteiger partial charge in [0.2, 0.25) is 0 Å². The van der Waals surface area contributed by atoms with Crippen LogP contribution in [0.25, 0.3) is 0 Å². The average molecular weight is 228 g/mol. The van der Waals surface area contributed by atoms with Crippen molar-refractivity contribution in [3.05, 3.63) is 29.8 Å². The number of carbonyl (C=O) groups excluding carboxylic acids is 2. The van der Waals surface area contributed by atoms with E-state index in [-0.39, 0.29) is 0 Å². The van der Waals surface area contributed by atoms with E-state index in [2.05, 4.69) is 0 Å². The van der Waals surface area contributed by atoms with Crippen LogP contribution in [0.1, 0.15) is 24.2 Å². The molecule has 4 nitrogen and oxygen atoms in total. The van der Waals surface area contributed by atoms with Gasteiger partial charge in [-0.05, 0) is 24.3 Å². The summed E-state index contributed by atoms with van der Waals surface area (Å²) in [6.45, 7) is 6.00. The van der Waals surface area contributed by atoms with Crippen LogP contribution in [-0.2, 0) is 4.79 Å². The zero-order valence-corrected chi connectivity index (χ0v) is 10.3. The third kappa shape index (κ3) is 10.4. The second-order valence-corrected chi connectivity index (χ2v) is 1.89. The number of aliphatic hydroxyl groups excluding tert-OH is 1. The first-order chi connectivity index (χ1) is 7.86. The molecule has 0 unspecified atom stereocenters. The molecule has 0 saturated carbocycles. The molecule has 0 bridgehead atoms. The summed E-state index contributed by atoms with van der Waals surface area (Å²) in [6, 6.07) is 6.94. The lowest BCUT2D eigenvalue weighted by Crippen LogP contribution is -1.82. The molecule has 1 aromatic carbocycles. The molecule has 4 heteroatoms. The van der Waals surface area contributed by atoms with E-state index < -0.39 is 0 Å². The van der Waals surface area contributed by atoms with E-state index in [1.807, 2.05) is 20.6 Å². The molecule has 0 amide bonds. The van der Waals surface area contributed by atoms with Gasteiger partial charge in [-0.2, -0.15) is 0 Å². The maximum absolute atomic E-state index is 10.2. The average Bonchev–Trinajstić information content (AvgIpc) is 2.45. The number of ether oxygens (including phenoxy) is 1. The van der Waals surface area contributed by atoms with E-state index >= 15 is 0 Å². The normalized spacial score (nSPS) is 6.56. The molecule has 1 aromatic rings. The number of rotatable bonds is 2. The molecule has 0 radical (unpaired) electrons. The number of aldehydes is 1. The fourth-order valence-electron chi connectivity index (χ4n) is 0.682. The SMILES string of the molecule is C=O.CC.CO.COc1ccc(C=O)cc1. The van der Waals surface area contributed by atoms with Crippen LogP contribution in [0.3, 0.4) is 0 Å². The highest BCUT2D eigenvalue weighted by atomic mass is 16.5. The van der Waals surface area contributed by atoms with Crippen LogP contribution in [-0.4, -0.2) is 32.4 Å². The van der Waals surface area contributed by atoms with Gasteiger partial charge in [-0.15, -0.1) is 0 Å². The zero-order valence-electron chi connectivity index (χ0n) is 10.3. The van der Waals surface area contributed by atoms with Crippen molar-refractivity contribution in [2.75, 3.05) is 14.2 Å². The lowest BCUT2D eigenvalue weighted by atomic mass is 10.2. The van der Waals surface area contributed by atoms with Gasteiger partial charge in [-0.3, -0.25) is 4.79 Å². The third-order valence-electron chi connectivity index (χ3n) is 1.25. The highest BCUT2D eigenvalue weighted by Crippen LogP contribution is 2.09. The molecule has 1 rings (SSSR count). The second-order valence-electron chi connectivity index (χ2n) is 1.89. The first-order valence-corrected chi connectivity index (χ1v) is 4.69. The monoisotopic (exact) mass is 228 g/mol. The van der Waals surface area contributed by atoms with Crippen LogP contribution in [0.4, 0.5) is 0 Å². The van der Waals surface area contributed by atoms with Gasteiger partial charge in [0.25, 0.3) is 0 Å². The largest absolute Gasteiger partial charge is 0.497 e. The lowest BCUT2D eigenvalue weighted by Gasteiger charge is -1.96. The number of benzene rings is 1. The van der Waals surface area contributed by atoms with Crippen LogP contribution in [0, 0.1) is 0 Å². The van der Waals surface area contributed by atoms with Crippen LogP contribution in [0.2, 0.25) is 0 Å². The maximum Gasteiger partial charge on any atom is 0.150 e. The molecule has 92 valence electrons. The number of hydrogen-bond donors (Lipinski definition) is 1. The van der Waals surface area contributed by atoms with E-state index in [4.69, 9.17) is 14.6 Å². The van der Waals surface area contributed by atoms with Crippen LogP contribution >= 0.6 is 0 Å². The smallest absolute Gasteiger partial charge is 0.150 e. The predicted octanol–water partition coefficient (Wildman–Crippen LogP) is 1.96. The van der Waals surface area contributed by atoms with Gasteiger partial charge >= 0.3 is 0 Å². The van der Waals surface area contributed by atoms with Crippen LogP contribution in [0.5, 0.6) is 5.75 Å². The summed E-state index contributed by atoms with van der Waals surface area (Å²) in [4.78, 5) is 18.2. The van der Waals surface area contributed by atoms with E-state index in [0.717, 1.165) is 19.1 Å². The summed E-state index contributed by atoms with van der Waals surface area (Å²) in [5.74, 6) is 0.769. The first kappa shape index (κ1) is 19.8. The molecule has 1 N–H and O–H groups in total. The number of carbonyl (C=O) groups is 2. The molecule has 0 fully saturated rings. The molecular formula is C12H20O4. The molecule has 0 aromatic heterocycles. The summed E-state index contributed by atoms with van der Waals surface area (Å²) in [7, 11) is 2.59. The van der Waals surface area contributed by atoms with E-state index in [1.165, 1.54) is 0 Å². The highest BCUT2D eigenvalue weighted by Gasteiger charge is 1.89. The molecule has 0 aliphatic heterocycles. The fourth-order valence-corrected chi connectivity index (χ4v) is 0.682. The van der Waals surface area contributed by atoms with Gasteiger partial charge in [0.05, 0.1) is 7.11 Å². The van der Waals surface area contributed by atoms with Crippen molar-refractivity contribution in [3.63, 3.8) is 0 Å². The molecule has 0 spiro atoms. The summed E-state index contributed by atoms with van der Waals surface area (Å²) in [5, 5.41) is 7.00. The minimum absolute atomic E-state index is 0.667. The Morgan fingerprint density at radius 3 is 1.75 bits per heavy atom. The lowest BCUT2D eigenvalue weighted by molar-refractivity contribution is -0.0979. The zero-order chi connectivity index (χ0) is 13.4. The van der Waals surface area contributed by atoms with Crippen molar-refractivity contribution in [1.82, 2.24) is 0 Å². The molecule has 0 aliphatic rings. The van der Waals surface area contributed by atoms with Crippen LogP contribution in [0.15, 0.2) is 24.3 Å². The number of aliphatic hydroxyl groups is 1. The van der Waals surface area contributed by atoms with E-state index in [0.29, 0.717) is 5.56 Å². The Labute approximate surface area is 96.9 Å². The van der Waals surface area contributed by atoms with Crippen molar-refractivity contribution in [2.45, 2.75) is 13.8 Å².